The first kappa shape index (κ1) is 15.7. The first-order valence-electron chi connectivity index (χ1n) is 5.06. The number of hydrogen-bond acceptors (Lipinski definition) is 4. The Bertz CT molecular complexity index is 542. The second-order valence-electron chi connectivity index (χ2n) is 3.60. The molecule has 19 heavy (non-hydrogen) atoms. The minimum absolute atomic E-state index is 0.0736. The molecule has 0 unspecified atom stereocenters. The van der Waals surface area contributed by atoms with Gasteiger partial charge >= 0.3 is 6.18 Å². The number of phenolic OH excluding ortho intramolecular Hbond substituents is 1. The van der Waals surface area contributed by atoms with Crippen LogP contribution in [-0.2, 0) is 20.9 Å². The second-order valence-corrected chi connectivity index (χ2v) is 5.37. The zero-order valence-corrected chi connectivity index (χ0v) is 10.7. The molecule has 1 aromatic rings. The molecule has 0 fully saturated rings. The van der Waals surface area contributed by atoms with E-state index in [1.54, 1.807) is 0 Å². The third-order valence-corrected chi connectivity index (χ3v) is 3.57. The maximum Gasteiger partial charge on any atom is 0.416 e. The van der Waals surface area contributed by atoms with Crippen LogP contribution in [0.4, 0.5) is 13.2 Å². The normalized spacial score (nSPS) is 12.6. The number of rotatable bonds is 5. The summed E-state index contributed by atoms with van der Waals surface area (Å²) in [6, 6.07) is 1.65. The molecular weight excluding hydrogens is 287 g/mol. The summed E-state index contributed by atoms with van der Waals surface area (Å²) in [5, 5.41) is 9.18. The average Bonchev–Trinajstić information content (AvgIpc) is 2.27. The lowest BCUT2D eigenvalue weighted by atomic mass is 10.2. The Morgan fingerprint density at radius 2 is 1.95 bits per heavy atom. The quantitative estimate of drug-likeness (QED) is 0.804. The lowest BCUT2D eigenvalue weighted by Crippen LogP contribution is -2.27. The van der Waals surface area contributed by atoms with Crippen LogP contribution in [0.1, 0.15) is 5.56 Å². The van der Waals surface area contributed by atoms with Crippen molar-refractivity contribution in [2.75, 3.05) is 20.3 Å². The molecule has 0 aliphatic heterocycles. The lowest BCUT2D eigenvalue weighted by Gasteiger charge is -2.11. The molecule has 1 rings (SSSR count). The Morgan fingerprint density at radius 3 is 2.47 bits per heavy atom. The van der Waals surface area contributed by atoms with E-state index in [2.05, 4.69) is 9.46 Å². The van der Waals surface area contributed by atoms with Crippen molar-refractivity contribution >= 4 is 10.0 Å². The standard InChI is InChI=1S/C10H12F3NO4S/c1-18-3-2-14-19(16,17)9-5-7(10(11,12)13)4-8(15)6-9/h4-6,14-15H,2-3H2,1H3. The van der Waals surface area contributed by atoms with E-state index in [9.17, 15) is 26.7 Å². The monoisotopic (exact) mass is 299 g/mol. The Balaban J connectivity index is 3.10. The molecule has 0 aliphatic carbocycles. The van der Waals surface area contributed by atoms with E-state index in [1.807, 2.05) is 0 Å². The van der Waals surface area contributed by atoms with Gasteiger partial charge in [0.25, 0.3) is 0 Å². The highest BCUT2D eigenvalue weighted by Crippen LogP contribution is 2.33. The van der Waals surface area contributed by atoms with Crippen LogP contribution >= 0.6 is 0 Å². The van der Waals surface area contributed by atoms with Crippen LogP contribution in [0.25, 0.3) is 0 Å². The summed E-state index contributed by atoms with van der Waals surface area (Å²) in [5.41, 5.74) is -1.24. The summed E-state index contributed by atoms with van der Waals surface area (Å²) < 4.78 is 67.5. The van der Waals surface area contributed by atoms with Crippen LogP contribution in [0, 0.1) is 0 Å². The van der Waals surface area contributed by atoms with Gasteiger partial charge in [-0.1, -0.05) is 0 Å². The van der Waals surface area contributed by atoms with E-state index in [-0.39, 0.29) is 13.2 Å². The summed E-state index contributed by atoms with van der Waals surface area (Å²) in [6.45, 7) is -0.0139. The number of benzene rings is 1. The van der Waals surface area contributed by atoms with Crippen LogP contribution in [0.5, 0.6) is 5.75 Å². The highest BCUT2D eigenvalue weighted by Gasteiger charge is 2.32. The van der Waals surface area contributed by atoms with E-state index < -0.39 is 32.4 Å². The topological polar surface area (TPSA) is 75.6 Å². The third-order valence-electron chi connectivity index (χ3n) is 2.13. The molecule has 108 valence electrons. The largest absolute Gasteiger partial charge is 0.508 e. The molecule has 0 bridgehead atoms. The van der Waals surface area contributed by atoms with Crippen molar-refractivity contribution in [1.29, 1.82) is 0 Å². The Morgan fingerprint density at radius 1 is 1.32 bits per heavy atom. The fraction of sp³-hybridized carbons (Fsp3) is 0.400. The Kier molecular flexibility index (Phi) is 4.77. The van der Waals surface area contributed by atoms with Crippen molar-refractivity contribution in [2.24, 2.45) is 0 Å². The maximum atomic E-state index is 12.5. The van der Waals surface area contributed by atoms with E-state index in [1.165, 1.54) is 7.11 Å². The van der Waals surface area contributed by atoms with E-state index in [4.69, 9.17) is 0 Å². The SMILES string of the molecule is COCCNS(=O)(=O)c1cc(O)cc(C(F)(F)F)c1. The summed E-state index contributed by atoms with van der Waals surface area (Å²) in [6.07, 6.45) is -4.74. The summed E-state index contributed by atoms with van der Waals surface area (Å²) in [7, 11) is -2.78. The van der Waals surface area contributed by atoms with Gasteiger partial charge in [0, 0.05) is 13.7 Å². The molecule has 0 saturated carbocycles. The third kappa shape index (κ3) is 4.37. The number of halogens is 3. The second kappa shape index (κ2) is 5.76. The zero-order valence-electron chi connectivity index (χ0n) is 9.86. The Labute approximate surface area is 108 Å². The molecule has 0 aromatic heterocycles. The number of methoxy groups -OCH3 is 1. The predicted molar refractivity (Wildman–Crippen MR) is 60.2 cm³/mol. The number of nitrogens with one attached hydrogen (secondary N) is 1. The number of alkyl halides is 3. The first-order valence-corrected chi connectivity index (χ1v) is 6.55. The number of phenols is 1. The zero-order chi connectivity index (χ0) is 14.7. The first-order chi connectivity index (χ1) is 8.66. The van der Waals surface area contributed by atoms with Crippen LogP contribution in [0.3, 0.4) is 0 Å². The van der Waals surface area contributed by atoms with Crippen LogP contribution in [0.2, 0.25) is 0 Å². The number of hydrogen-bond donors (Lipinski definition) is 2. The highest BCUT2D eigenvalue weighted by molar-refractivity contribution is 7.89. The number of ether oxygens (including phenoxy) is 1. The lowest BCUT2D eigenvalue weighted by molar-refractivity contribution is -0.137. The molecule has 0 atom stereocenters. The minimum Gasteiger partial charge on any atom is -0.508 e. The van der Waals surface area contributed by atoms with E-state index in [0.717, 1.165) is 6.07 Å². The van der Waals surface area contributed by atoms with Crippen molar-refractivity contribution < 1.29 is 31.4 Å². The molecule has 5 nitrogen and oxygen atoms in total. The van der Waals surface area contributed by atoms with Crippen molar-refractivity contribution in [3.05, 3.63) is 23.8 Å². The molecule has 9 heteroatoms. The number of sulfonamides is 1. The van der Waals surface area contributed by atoms with Gasteiger partial charge in [0.2, 0.25) is 10.0 Å². The van der Waals surface area contributed by atoms with Crippen LogP contribution in [-0.4, -0.2) is 33.8 Å². The Hall–Kier alpha value is -1.32. The molecule has 0 aliphatic rings. The highest BCUT2D eigenvalue weighted by atomic mass is 32.2. The summed E-state index contributed by atoms with van der Waals surface area (Å²) in [5.74, 6) is -0.776. The van der Waals surface area contributed by atoms with Gasteiger partial charge in [-0.3, -0.25) is 0 Å². The molecule has 0 spiro atoms. The van der Waals surface area contributed by atoms with E-state index >= 15 is 0 Å². The van der Waals surface area contributed by atoms with Gasteiger partial charge in [-0.25, -0.2) is 13.1 Å². The molecule has 2 N–H and O–H groups in total. The molecule has 0 radical (unpaired) electrons. The van der Waals surface area contributed by atoms with Gasteiger partial charge in [-0.15, -0.1) is 0 Å². The summed E-state index contributed by atoms with van der Waals surface area (Å²) >= 11 is 0. The van der Waals surface area contributed by atoms with Crippen molar-refractivity contribution in [3.8, 4) is 5.75 Å². The van der Waals surface area contributed by atoms with Crippen molar-refractivity contribution in [3.63, 3.8) is 0 Å². The predicted octanol–water partition coefficient (Wildman–Crippen LogP) is 1.34. The van der Waals surface area contributed by atoms with Gasteiger partial charge < -0.3 is 9.84 Å². The van der Waals surface area contributed by atoms with E-state index in [0.29, 0.717) is 12.1 Å². The minimum atomic E-state index is -4.74. The average molecular weight is 299 g/mol. The molecule has 0 amide bonds. The molecule has 0 heterocycles. The fourth-order valence-electron chi connectivity index (χ4n) is 1.26. The molecule has 0 saturated heterocycles. The van der Waals surface area contributed by atoms with Gasteiger partial charge in [-0.2, -0.15) is 13.2 Å². The molecular formula is C10H12F3NO4S. The van der Waals surface area contributed by atoms with Crippen LogP contribution < -0.4 is 4.72 Å². The fourth-order valence-corrected chi connectivity index (χ4v) is 2.34. The summed E-state index contributed by atoms with van der Waals surface area (Å²) in [4.78, 5) is -0.657. The van der Waals surface area contributed by atoms with Gasteiger partial charge in [0.15, 0.2) is 0 Å². The van der Waals surface area contributed by atoms with Gasteiger partial charge in [0.1, 0.15) is 5.75 Å². The van der Waals surface area contributed by atoms with Crippen LogP contribution in [0.15, 0.2) is 23.1 Å². The number of aromatic hydroxyl groups is 1. The van der Waals surface area contributed by atoms with Gasteiger partial charge in [0.05, 0.1) is 17.1 Å². The van der Waals surface area contributed by atoms with Crippen molar-refractivity contribution in [1.82, 2.24) is 4.72 Å². The smallest absolute Gasteiger partial charge is 0.416 e. The molecule has 1 aromatic carbocycles. The maximum absolute atomic E-state index is 12.5. The van der Waals surface area contributed by atoms with Crippen molar-refractivity contribution in [2.45, 2.75) is 11.1 Å². The van der Waals surface area contributed by atoms with Gasteiger partial charge in [-0.05, 0) is 18.2 Å².